The molecule has 19 heavy (non-hydrogen) atoms. The Labute approximate surface area is 122 Å². The summed E-state index contributed by atoms with van der Waals surface area (Å²) in [5.41, 5.74) is 0.770. The van der Waals surface area contributed by atoms with Crippen LogP contribution in [0, 0.1) is 6.92 Å². The van der Waals surface area contributed by atoms with E-state index in [4.69, 9.17) is 11.6 Å². The van der Waals surface area contributed by atoms with Gasteiger partial charge in [-0.25, -0.2) is 13.1 Å². The van der Waals surface area contributed by atoms with E-state index in [0.29, 0.717) is 15.8 Å². The van der Waals surface area contributed by atoms with Gasteiger partial charge in [0.05, 0.1) is 0 Å². The van der Waals surface area contributed by atoms with E-state index >= 15 is 0 Å². The predicted octanol–water partition coefficient (Wildman–Crippen LogP) is 3.94. The second-order valence-electron chi connectivity index (χ2n) is 4.41. The molecular weight excluding hydrogens is 302 g/mol. The van der Waals surface area contributed by atoms with Crippen LogP contribution in [0.25, 0.3) is 10.1 Å². The van der Waals surface area contributed by atoms with Crippen molar-refractivity contribution in [3.8, 4) is 0 Å². The van der Waals surface area contributed by atoms with Crippen LogP contribution in [0.3, 0.4) is 0 Å². The van der Waals surface area contributed by atoms with Crippen LogP contribution in [0.15, 0.2) is 22.4 Å². The van der Waals surface area contributed by atoms with Gasteiger partial charge in [0.2, 0.25) is 10.0 Å². The van der Waals surface area contributed by atoms with Crippen LogP contribution in [-0.4, -0.2) is 15.0 Å². The molecule has 0 amide bonds. The van der Waals surface area contributed by atoms with Crippen LogP contribution in [-0.2, 0) is 10.0 Å². The van der Waals surface area contributed by atoms with E-state index in [-0.39, 0.29) is 0 Å². The summed E-state index contributed by atoms with van der Waals surface area (Å²) in [4.78, 5) is 0. The summed E-state index contributed by atoms with van der Waals surface area (Å²) in [5, 5.41) is 1.53. The lowest BCUT2D eigenvalue weighted by Crippen LogP contribution is -2.24. The fourth-order valence-corrected chi connectivity index (χ4v) is 4.91. The van der Waals surface area contributed by atoms with Crippen LogP contribution < -0.4 is 4.72 Å². The van der Waals surface area contributed by atoms with E-state index < -0.39 is 10.0 Å². The third kappa shape index (κ3) is 3.11. The molecule has 0 atom stereocenters. The summed E-state index contributed by atoms with van der Waals surface area (Å²) >= 11 is 7.24. The first-order valence-corrected chi connectivity index (χ1v) is 8.82. The standard InChI is InChI=1S/C13H16ClNO2S2/c1-3-4-7-15-19(16,17)13-9(2)11-8-10(14)5-6-12(11)18-13/h5-6,8,15H,3-4,7H2,1-2H3. The van der Waals surface area contributed by atoms with Gasteiger partial charge in [0.1, 0.15) is 4.21 Å². The number of aryl methyl sites for hydroxylation is 1. The Kier molecular flexibility index (Phi) is 4.50. The summed E-state index contributed by atoms with van der Waals surface area (Å²) in [6.45, 7) is 4.33. The smallest absolute Gasteiger partial charge is 0.210 e. The number of thiophene rings is 1. The van der Waals surface area contributed by atoms with Crippen LogP contribution in [0.1, 0.15) is 25.3 Å². The third-order valence-electron chi connectivity index (χ3n) is 2.92. The number of sulfonamides is 1. The fraction of sp³-hybridized carbons (Fsp3) is 0.385. The van der Waals surface area contributed by atoms with Crippen molar-refractivity contribution >= 4 is 43.0 Å². The highest BCUT2D eigenvalue weighted by Gasteiger charge is 2.21. The van der Waals surface area contributed by atoms with E-state index in [9.17, 15) is 8.42 Å². The first-order chi connectivity index (χ1) is 8.95. The summed E-state index contributed by atoms with van der Waals surface area (Å²) in [6.07, 6.45) is 1.80. The zero-order chi connectivity index (χ0) is 14.0. The highest BCUT2D eigenvalue weighted by atomic mass is 35.5. The lowest BCUT2D eigenvalue weighted by Gasteiger charge is -2.04. The van der Waals surface area contributed by atoms with E-state index in [0.717, 1.165) is 28.5 Å². The third-order valence-corrected chi connectivity index (χ3v) is 6.51. The van der Waals surface area contributed by atoms with Crippen molar-refractivity contribution in [1.82, 2.24) is 4.72 Å². The van der Waals surface area contributed by atoms with Crippen molar-refractivity contribution in [2.75, 3.05) is 6.54 Å². The molecule has 2 aromatic rings. The Hall–Kier alpha value is -0.620. The van der Waals surface area contributed by atoms with Crippen molar-refractivity contribution in [1.29, 1.82) is 0 Å². The molecule has 0 aliphatic carbocycles. The second-order valence-corrected chi connectivity index (χ2v) is 7.86. The van der Waals surface area contributed by atoms with Crippen molar-refractivity contribution in [3.05, 3.63) is 28.8 Å². The normalized spacial score (nSPS) is 12.2. The number of rotatable bonds is 5. The van der Waals surface area contributed by atoms with Gasteiger partial charge in [0, 0.05) is 16.3 Å². The highest BCUT2D eigenvalue weighted by Crippen LogP contribution is 2.35. The largest absolute Gasteiger partial charge is 0.250 e. The molecule has 0 radical (unpaired) electrons. The van der Waals surface area contributed by atoms with Gasteiger partial charge in [-0.15, -0.1) is 11.3 Å². The second kappa shape index (κ2) is 5.79. The Morgan fingerprint density at radius 2 is 2.11 bits per heavy atom. The molecule has 0 fully saturated rings. The van der Waals surface area contributed by atoms with Crippen LogP contribution in [0.2, 0.25) is 5.02 Å². The minimum absolute atomic E-state index is 0.390. The zero-order valence-corrected chi connectivity index (χ0v) is 13.3. The predicted molar refractivity (Wildman–Crippen MR) is 81.7 cm³/mol. The molecule has 2 rings (SSSR count). The quantitative estimate of drug-likeness (QED) is 0.849. The lowest BCUT2D eigenvalue weighted by atomic mass is 10.2. The number of fused-ring (bicyclic) bond motifs is 1. The molecule has 1 aromatic heterocycles. The maximum Gasteiger partial charge on any atom is 0.250 e. The Morgan fingerprint density at radius 3 is 2.79 bits per heavy atom. The highest BCUT2D eigenvalue weighted by molar-refractivity contribution is 7.91. The van der Waals surface area contributed by atoms with E-state index in [1.165, 1.54) is 11.3 Å². The van der Waals surface area contributed by atoms with Gasteiger partial charge in [-0.05, 0) is 42.5 Å². The number of benzene rings is 1. The molecule has 1 aromatic carbocycles. The summed E-state index contributed by atoms with van der Waals surface area (Å²) < 4.78 is 28.5. The molecule has 1 heterocycles. The minimum atomic E-state index is -3.41. The van der Waals surface area contributed by atoms with Gasteiger partial charge >= 0.3 is 0 Å². The van der Waals surface area contributed by atoms with Crippen LogP contribution in [0.5, 0.6) is 0 Å². The maximum atomic E-state index is 12.2. The number of unbranched alkanes of at least 4 members (excludes halogenated alkanes) is 1. The first kappa shape index (κ1) is 14.8. The summed E-state index contributed by atoms with van der Waals surface area (Å²) in [5.74, 6) is 0. The number of hydrogen-bond acceptors (Lipinski definition) is 3. The average molecular weight is 318 g/mol. The number of hydrogen-bond donors (Lipinski definition) is 1. The Bertz CT molecular complexity index is 692. The molecule has 0 saturated heterocycles. The van der Waals surface area contributed by atoms with E-state index in [1.807, 2.05) is 26.0 Å². The van der Waals surface area contributed by atoms with E-state index in [1.54, 1.807) is 6.07 Å². The molecule has 0 spiro atoms. The van der Waals surface area contributed by atoms with E-state index in [2.05, 4.69) is 4.72 Å². The molecule has 3 nitrogen and oxygen atoms in total. The van der Waals surface area contributed by atoms with Crippen molar-refractivity contribution < 1.29 is 8.42 Å². The molecule has 104 valence electrons. The van der Waals surface area contributed by atoms with Crippen molar-refractivity contribution in [2.24, 2.45) is 0 Å². The van der Waals surface area contributed by atoms with Gasteiger partial charge < -0.3 is 0 Å². The monoisotopic (exact) mass is 317 g/mol. The first-order valence-electron chi connectivity index (χ1n) is 6.14. The van der Waals surface area contributed by atoms with Crippen molar-refractivity contribution in [3.63, 3.8) is 0 Å². The molecule has 0 unspecified atom stereocenters. The van der Waals surface area contributed by atoms with Crippen molar-refractivity contribution in [2.45, 2.75) is 30.9 Å². The number of nitrogens with one attached hydrogen (secondary N) is 1. The lowest BCUT2D eigenvalue weighted by molar-refractivity contribution is 0.580. The average Bonchev–Trinajstić information content (AvgIpc) is 2.68. The van der Waals surface area contributed by atoms with Crippen LogP contribution >= 0.6 is 22.9 Å². The summed E-state index contributed by atoms with van der Waals surface area (Å²) in [6, 6.07) is 5.45. The number of halogens is 1. The Morgan fingerprint density at radius 1 is 1.37 bits per heavy atom. The van der Waals surface area contributed by atoms with Crippen LogP contribution in [0.4, 0.5) is 0 Å². The maximum absolute atomic E-state index is 12.2. The van der Waals surface area contributed by atoms with Gasteiger partial charge in [-0.1, -0.05) is 24.9 Å². The Balaban J connectivity index is 2.42. The topological polar surface area (TPSA) is 46.2 Å². The molecular formula is C13H16ClNO2S2. The molecule has 0 saturated carbocycles. The minimum Gasteiger partial charge on any atom is -0.210 e. The van der Waals surface area contributed by atoms with Gasteiger partial charge in [-0.3, -0.25) is 0 Å². The molecule has 0 bridgehead atoms. The van der Waals surface area contributed by atoms with Gasteiger partial charge in [0.15, 0.2) is 0 Å². The van der Waals surface area contributed by atoms with Gasteiger partial charge in [-0.2, -0.15) is 0 Å². The molecule has 1 N–H and O–H groups in total. The summed E-state index contributed by atoms with van der Waals surface area (Å²) in [7, 11) is -3.41. The molecule has 0 aliphatic rings. The SMILES string of the molecule is CCCCNS(=O)(=O)c1sc2ccc(Cl)cc2c1C. The molecule has 6 heteroatoms. The van der Waals surface area contributed by atoms with Gasteiger partial charge in [0.25, 0.3) is 0 Å². The fourth-order valence-electron chi connectivity index (χ4n) is 1.88. The molecule has 0 aliphatic heterocycles. The zero-order valence-electron chi connectivity index (χ0n) is 10.9.